The molecule has 23 heavy (non-hydrogen) atoms. The Bertz CT molecular complexity index is 571. The number of nitrogens with zero attached hydrogens (tertiary/aromatic N) is 3. The molecule has 2 aliphatic rings. The predicted molar refractivity (Wildman–Crippen MR) is 103 cm³/mol. The maximum Gasteiger partial charge on any atom is 0.191 e. The monoisotopic (exact) mass is 433 g/mol. The number of nitrogens with one attached hydrogen (secondary N) is 2. The van der Waals surface area contributed by atoms with Gasteiger partial charge in [0.15, 0.2) is 5.96 Å². The summed E-state index contributed by atoms with van der Waals surface area (Å²) in [6, 6.07) is 0.409. The van der Waals surface area contributed by atoms with Gasteiger partial charge in [0.2, 0.25) is 0 Å². The molecule has 0 aromatic carbocycles. The van der Waals surface area contributed by atoms with Gasteiger partial charge < -0.3 is 15.4 Å². The van der Waals surface area contributed by atoms with Crippen LogP contribution in [0.25, 0.3) is 0 Å². The molecule has 3 unspecified atom stereocenters. The first-order valence-corrected chi connectivity index (χ1v) is 8.20. The predicted octanol–water partition coefficient (Wildman–Crippen LogP) is 1.68. The van der Waals surface area contributed by atoms with Crippen LogP contribution in [0.5, 0.6) is 0 Å². The van der Waals surface area contributed by atoms with Crippen molar-refractivity contribution in [2.75, 3.05) is 13.6 Å². The summed E-state index contributed by atoms with van der Waals surface area (Å²) in [5.74, 6) is 0.875. The van der Waals surface area contributed by atoms with E-state index < -0.39 is 0 Å². The molecule has 2 saturated heterocycles. The third-order valence-corrected chi connectivity index (χ3v) is 4.98. The summed E-state index contributed by atoms with van der Waals surface area (Å²) >= 11 is 0. The van der Waals surface area contributed by atoms with Gasteiger partial charge >= 0.3 is 0 Å². The van der Waals surface area contributed by atoms with Gasteiger partial charge in [-0.25, -0.2) is 0 Å². The number of ether oxygens (including phenoxy) is 1. The first-order valence-electron chi connectivity index (χ1n) is 8.20. The molecule has 0 radical (unpaired) electrons. The molecule has 0 spiro atoms. The number of aliphatic imine (C=N–C) groups is 1. The Hall–Kier alpha value is -0.830. The van der Waals surface area contributed by atoms with Crippen LogP contribution in [0.3, 0.4) is 0 Å². The van der Waals surface area contributed by atoms with Gasteiger partial charge in [0.25, 0.3) is 0 Å². The van der Waals surface area contributed by atoms with Gasteiger partial charge in [-0.05, 0) is 45.1 Å². The van der Waals surface area contributed by atoms with Crippen LogP contribution in [0.15, 0.2) is 4.99 Å². The van der Waals surface area contributed by atoms with Gasteiger partial charge in [-0.3, -0.25) is 9.67 Å². The standard InChI is InChI=1S/C16H27N5O.HI/c1-10-13(11(2)21(4)20-10)7-8-18-16(17-3)19-14-9-12-5-6-15(14)22-12;/h12,14-15H,5-9H2,1-4H3,(H2,17,18,19);1H. The molecule has 0 saturated carbocycles. The molecular weight excluding hydrogens is 405 g/mol. The summed E-state index contributed by atoms with van der Waals surface area (Å²) in [4.78, 5) is 4.33. The second-order valence-corrected chi connectivity index (χ2v) is 6.38. The molecule has 7 heteroatoms. The summed E-state index contributed by atoms with van der Waals surface area (Å²) in [6.45, 7) is 5.05. The highest BCUT2D eigenvalue weighted by Crippen LogP contribution is 2.34. The van der Waals surface area contributed by atoms with E-state index in [-0.39, 0.29) is 24.0 Å². The number of rotatable bonds is 4. The van der Waals surface area contributed by atoms with Gasteiger partial charge in [-0.15, -0.1) is 24.0 Å². The lowest BCUT2D eigenvalue weighted by Gasteiger charge is -2.22. The van der Waals surface area contributed by atoms with Crippen molar-refractivity contribution in [3.05, 3.63) is 17.0 Å². The first-order chi connectivity index (χ1) is 10.6. The third-order valence-electron chi connectivity index (χ3n) is 4.98. The van der Waals surface area contributed by atoms with Crippen molar-refractivity contribution >= 4 is 29.9 Å². The maximum absolute atomic E-state index is 5.88. The number of guanidine groups is 1. The summed E-state index contributed by atoms with van der Waals surface area (Å²) in [7, 11) is 3.82. The number of aryl methyl sites for hydroxylation is 2. The van der Waals surface area contributed by atoms with E-state index in [2.05, 4.69) is 34.6 Å². The minimum Gasteiger partial charge on any atom is -0.373 e. The Morgan fingerprint density at radius 2 is 2.17 bits per heavy atom. The summed E-state index contributed by atoms with van der Waals surface area (Å²) in [6.07, 6.45) is 5.28. The quantitative estimate of drug-likeness (QED) is 0.431. The molecule has 0 amide bonds. The van der Waals surface area contributed by atoms with Crippen LogP contribution in [-0.2, 0) is 18.2 Å². The van der Waals surface area contributed by atoms with Crippen LogP contribution >= 0.6 is 24.0 Å². The maximum atomic E-state index is 5.88. The average molecular weight is 433 g/mol. The molecule has 3 atom stereocenters. The van der Waals surface area contributed by atoms with Crippen molar-refractivity contribution in [1.29, 1.82) is 0 Å². The van der Waals surface area contributed by atoms with Crippen LogP contribution in [-0.4, -0.2) is 47.6 Å². The van der Waals surface area contributed by atoms with Crippen molar-refractivity contribution < 1.29 is 4.74 Å². The van der Waals surface area contributed by atoms with E-state index in [0.717, 1.165) is 31.0 Å². The Kier molecular flexibility index (Phi) is 6.30. The molecule has 2 fully saturated rings. The molecule has 130 valence electrons. The second-order valence-electron chi connectivity index (χ2n) is 6.38. The number of hydrogen-bond acceptors (Lipinski definition) is 3. The van der Waals surface area contributed by atoms with Crippen LogP contribution in [0.4, 0.5) is 0 Å². The van der Waals surface area contributed by atoms with Crippen molar-refractivity contribution in [3.8, 4) is 0 Å². The molecular formula is C16H28IN5O. The zero-order valence-corrected chi connectivity index (χ0v) is 16.8. The lowest BCUT2D eigenvalue weighted by Crippen LogP contribution is -2.47. The van der Waals surface area contributed by atoms with Crippen molar-refractivity contribution in [3.63, 3.8) is 0 Å². The zero-order chi connectivity index (χ0) is 15.7. The fraction of sp³-hybridized carbons (Fsp3) is 0.750. The highest BCUT2D eigenvalue weighted by atomic mass is 127. The Labute approximate surface area is 155 Å². The van der Waals surface area contributed by atoms with Gasteiger partial charge in [-0.2, -0.15) is 5.10 Å². The smallest absolute Gasteiger partial charge is 0.191 e. The van der Waals surface area contributed by atoms with Crippen molar-refractivity contribution in [1.82, 2.24) is 20.4 Å². The highest BCUT2D eigenvalue weighted by molar-refractivity contribution is 14.0. The van der Waals surface area contributed by atoms with Gasteiger partial charge in [0, 0.05) is 26.3 Å². The van der Waals surface area contributed by atoms with E-state index in [4.69, 9.17) is 4.74 Å². The largest absolute Gasteiger partial charge is 0.373 e. The average Bonchev–Trinajstić information content (AvgIpc) is 3.17. The van der Waals surface area contributed by atoms with Gasteiger partial charge in [0.05, 0.1) is 23.9 Å². The molecule has 2 bridgehead atoms. The number of aromatic nitrogens is 2. The normalized spacial score (nSPS) is 26.3. The summed E-state index contributed by atoms with van der Waals surface area (Å²) in [5.41, 5.74) is 3.68. The molecule has 6 nitrogen and oxygen atoms in total. The summed E-state index contributed by atoms with van der Waals surface area (Å²) < 4.78 is 7.83. The van der Waals surface area contributed by atoms with Crippen molar-refractivity contribution in [2.24, 2.45) is 12.0 Å². The van der Waals surface area contributed by atoms with Crippen LogP contribution < -0.4 is 10.6 Å². The molecule has 2 aliphatic heterocycles. The van der Waals surface area contributed by atoms with E-state index in [1.54, 1.807) is 0 Å². The van der Waals surface area contributed by atoms with E-state index in [0.29, 0.717) is 18.2 Å². The summed E-state index contributed by atoms with van der Waals surface area (Å²) in [5, 5.41) is 11.4. The van der Waals surface area contributed by atoms with Gasteiger partial charge in [0.1, 0.15) is 0 Å². The second kappa shape index (κ2) is 7.83. The third kappa shape index (κ3) is 3.99. The van der Waals surface area contributed by atoms with Crippen molar-refractivity contribution in [2.45, 2.75) is 57.8 Å². The minimum absolute atomic E-state index is 0. The lowest BCUT2D eigenvalue weighted by molar-refractivity contribution is 0.0992. The Morgan fingerprint density at radius 1 is 1.39 bits per heavy atom. The fourth-order valence-electron chi connectivity index (χ4n) is 3.65. The molecule has 2 N–H and O–H groups in total. The van der Waals surface area contributed by atoms with Crippen LogP contribution in [0, 0.1) is 13.8 Å². The zero-order valence-electron chi connectivity index (χ0n) is 14.4. The molecule has 1 aromatic rings. The lowest BCUT2D eigenvalue weighted by atomic mass is 9.96. The molecule has 3 rings (SSSR count). The SMILES string of the molecule is CN=C(NCCc1c(C)nn(C)c1C)NC1CC2CCC1O2.I. The fourth-order valence-corrected chi connectivity index (χ4v) is 3.65. The number of fused-ring (bicyclic) bond motifs is 2. The van der Waals surface area contributed by atoms with E-state index >= 15 is 0 Å². The molecule has 3 heterocycles. The number of hydrogen-bond donors (Lipinski definition) is 2. The minimum atomic E-state index is 0. The Morgan fingerprint density at radius 3 is 2.70 bits per heavy atom. The van der Waals surface area contributed by atoms with E-state index in [9.17, 15) is 0 Å². The molecule has 0 aliphatic carbocycles. The van der Waals surface area contributed by atoms with Gasteiger partial charge in [-0.1, -0.05) is 0 Å². The van der Waals surface area contributed by atoms with Crippen LogP contribution in [0.2, 0.25) is 0 Å². The number of halogens is 1. The Balaban J connectivity index is 0.00000192. The first kappa shape index (κ1) is 18.5. The topological polar surface area (TPSA) is 63.5 Å². The van der Waals surface area contributed by atoms with E-state index in [1.807, 2.05) is 18.8 Å². The molecule has 1 aromatic heterocycles. The van der Waals surface area contributed by atoms with E-state index in [1.165, 1.54) is 24.1 Å². The highest BCUT2D eigenvalue weighted by Gasteiger charge is 2.41. The van der Waals surface area contributed by atoms with Crippen LogP contribution in [0.1, 0.15) is 36.2 Å².